The predicted molar refractivity (Wildman–Crippen MR) is 52.0 cm³/mol. The molecule has 0 unspecified atom stereocenters. The lowest BCUT2D eigenvalue weighted by Gasteiger charge is -2.41. The van der Waals surface area contributed by atoms with E-state index in [9.17, 15) is 9.59 Å². The standard InChI is InChI=1S/C10H17NO3/c1-7(2)8(12)10(5-4-6-10)11-9(13)14-3/h7H,4-6H2,1-3H3,(H,11,13). The van der Waals surface area contributed by atoms with Crippen LogP contribution in [0.15, 0.2) is 0 Å². The number of nitrogens with one attached hydrogen (secondary N) is 1. The van der Waals surface area contributed by atoms with Crippen LogP contribution in [0.1, 0.15) is 33.1 Å². The first-order valence-electron chi connectivity index (χ1n) is 4.92. The van der Waals surface area contributed by atoms with Crippen LogP contribution in [-0.4, -0.2) is 24.5 Å². The van der Waals surface area contributed by atoms with Gasteiger partial charge >= 0.3 is 6.09 Å². The first-order chi connectivity index (χ1) is 6.52. The van der Waals surface area contributed by atoms with Gasteiger partial charge in [-0.15, -0.1) is 0 Å². The van der Waals surface area contributed by atoms with Gasteiger partial charge in [-0.25, -0.2) is 4.79 Å². The molecule has 0 saturated heterocycles. The minimum Gasteiger partial charge on any atom is -0.453 e. The molecule has 0 heterocycles. The Bertz CT molecular complexity index is 244. The first kappa shape index (κ1) is 11.0. The maximum absolute atomic E-state index is 11.8. The molecule has 0 aromatic rings. The Labute approximate surface area is 84.0 Å². The van der Waals surface area contributed by atoms with Gasteiger partial charge in [0.05, 0.1) is 7.11 Å². The summed E-state index contributed by atoms with van der Waals surface area (Å²) in [6.07, 6.45) is 1.94. The van der Waals surface area contributed by atoms with E-state index in [4.69, 9.17) is 0 Å². The summed E-state index contributed by atoms with van der Waals surface area (Å²) in [6.45, 7) is 3.70. The van der Waals surface area contributed by atoms with Crippen LogP contribution in [0.2, 0.25) is 0 Å². The van der Waals surface area contributed by atoms with Gasteiger partial charge in [0.1, 0.15) is 5.54 Å². The van der Waals surface area contributed by atoms with Crippen LogP contribution in [0.25, 0.3) is 0 Å². The molecular formula is C10H17NO3. The van der Waals surface area contributed by atoms with Crippen molar-refractivity contribution in [1.82, 2.24) is 5.32 Å². The van der Waals surface area contributed by atoms with Crippen LogP contribution >= 0.6 is 0 Å². The van der Waals surface area contributed by atoms with Crippen molar-refractivity contribution in [2.45, 2.75) is 38.6 Å². The number of methoxy groups -OCH3 is 1. The molecular weight excluding hydrogens is 182 g/mol. The van der Waals surface area contributed by atoms with Crippen molar-refractivity contribution < 1.29 is 14.3 Å². The number of carbonyl (C=O) groups excluding carboxylic acids is 2. The Morgan fingerprint density at radius 3 is 2.21 bits per heavy atom. The SMILES string of the molecule is COC(=O)NC1(C(=O)C(C)C)CCC1. The molecule has 1 fully saturated rings. The number of amides is 1. The highest BCUT2D eigenvalue weighted by Crippen LogP contribution is 2.34. The van der Waals surface area contributed by atoms with Crippen molar-refractivity contribution in [2.24, 2.45) is 5.92 Å². The molecule has 14 heavy (non-hydrogen) atoms. The van der Waals surface area contributed by atoms with E-state index < -0.39 is 11.6 Å². The molecule has 1 aliphatic carbocycles. The largest absolute Gasteiger partial charge is 0.453 e. The molecule has 80 valence electrons. The summed E-state index contributed by atoms with van der Waals surface area (Å²) in [5.74, 6) is 0.0570. The average Bonchev–Trinajstić information content (AvgIpc) is 2.09. The number of hydrogen-bond acceptors (Lipinski definition) is 3. The number of alkyl carbamates (subject to hydrolysis) is 1. The summed E-state index contributed by atoms with van der Waals surface area (Å²) >= 11 is 0. The molecule has 0 aliphatic heterocycles. The molecule has 4 nitrogen and oxygen atoms in total. The van der Waals surface area contributed by atoms with Gasteiger partial charge in [0.2, 0.25) is 0 Å². The molecule has 4 heteroatoms. The Balaban J connectivity index is 2.67. The van der Waals surface area contributed by atoms with Gasteiger partial charge in [0, 0.05) is 5.92 Å². The maximum Gasteiger partial charge on any atom is 0.407 e. The Kier molecular flexibility index (Phi) is 3.13. The van der Waals surface area contributed by atoms with Crippen LogP contribution in [-0.2, 0) is 9.53 Å². The summed E-state index contributed by atoms with van der Waals surface area (Å²) in [4.78, 5) is 22.9. The molecule has 1 rings (SSSR count). The minimum absolute atomic E-state index is 0.0487. The molecule has 0 atom stereocenters. The second-order valence-electron chi connectivity index (χ2n) is 4.07. The number of carbonyl (C=O) groups is 2. The van der Waals surface area contributed by atoms with Crippen LogP contribution in [0.4, 0.5) is 4.79 Å². The third kappa shape index (κ3) is 1.89. The molecule has 1 N–H and O–H groups in total. The van der Waals surface area contributed by atoms with Crippen molar-refractivity contribution in [3.05, 3.63) is 0 Å². The van der Waals surface area contributed by atoms with Crippen molar-refractivity contribution in [3.63, 3.8) is 0 Å². The van der Waals surface area contributed by atoms with E-state index in [1.165, 1.54) is 7.11 Å². The molecule has 1 saturated carbocycles. The van der Waals surface area contributed by atoms with E-state index >= 15 is 0 Å². The van der Waals surface area contributed by atoms with Gasteiger partial charge in [0.15, 0.2) is 5.78 Å². The first-order valence-corrected chi connectivity index (χ1v) is 4.92. The summed E-state index contributed by atoms with van der Waals surface area (Å²) in [5, 5.41) is 2.65. The van der Waals surface area contributed by atoms with Crippen LogP contribution in [0.5, 0.6) is 0 Å². The monoisotopic (exact) mass is 199 g/mol. The topological polar surface area (TPSA) is 55.4 Å². The molecule has 0 spiro atoms. The number of rotatable bonds is 3. The highest BCUT2D eigenvalue weighted by atomic mass is 16.5. The van der Waals surface area contributed by atoms with Gasteiger partial charge in [-0.1, -0.05) is 13.8 Å². The zero-order valence-electron chi connectivity index (χ0n) is 8.92. The summed E-state index contributed by atoms with van der Waals surface area (Å²) in [7, 11) is 1.31. The molecule has 0 aromatic carbocycles. The van der Waals surface area contributed by atoms with E-state index in [0.717, 1.165) is 19.3 Å². The van der Waals surface area contributed by atoms with Crippen LogP contribution in [0.3, 0.4) is 0 Å². The number of ether oxygens (including phenoxy) is 1. The third-order valence-electron chi connectivity index (χ3n) is 2.73. The molecule has 1 amide bonds. The second kappa shape index (κ2) is 3.98. The van der Waals surface area contributed by atoms with Gasteiger partial charge in [-0.05, 0) is 19.3 Å². The predicted octanol–water partition coefficient (Wildman–Crippen LogP) is 1.49. The van der Waals surface area contributed by atoms with Crippen molar-refractivity contribution in [3.8, 4) is 0 Å². The minimum atomic E-state index is -0.638. The normalized spacial score (nSPS) is 18.6. The zero-order chi connectivity index (χ0) is 10.8. The van der Waals surface area contributed by atoms with E-state index in [1.54, 1.807) is 0 Å². The summed E-state index contributed by atoms with van der Waals surface area (Å²) < 4.78 is 4.51. The fourth-order valence-corrected chi connectivity index (χ4v) is 1.76. The van der Waals surface area contributed by atoms with Crippen LogP contribution in [0, 0.1) is 5.92 Å². The number of hydrogen-bond donors (Lipinski definition) is 1. The Hall–Kier alpha value is -1.06. The van der Waals surface area contributed by atoms with Crippen molar-refractivity contribution in [2.75, 3.05) is 7.11 Å². The van der Waals surface area contributed by atoms with Gasteiger partial charge < -0.3 is 10.1 Å². The van der Waals surface area contributed by atoms with Gasteiger partial charge in [-0.2, -0.15) is 0 Å². The Morgan fingerprint density at radius 1 is 1.36 bits per heavy atom. The lowest BCUT2D eigenvalue weighted by molar-refractivity contribution is -0.131. The fourth-order valence-electron chi connectivity index (χ4n) is 1.76. The van der Waals surface area contributed by atoms with E-state index in [2.05, 4.69) is 10.1 Å². The van der Waals surface area contributed by atoms with E-state index in [-0.39, 0.29) is 11.7 Å². The van der Waals surface area contributed by atoms with Gasteiger partial charge in [0.25, 0.3) is 0 Å². The van der Waals surface area contributed by atoms with Crippen molar-refractivity contribution >= 4 is 11.9 Å². The highest BCUT2D eigenvalue weighted by molar-refractivity contribution is 5.93. The highest BCUT2D eigenvalue weighted by Gasteiger charge is 2.46. The molecule has 0 bridgehead atoms. The maximum atomic E-state index is 11.8. The quantitative estimate of drug-likeness (QED) is 0.749. The molecule has 0 aromatic heterocycles. The number of ketones is 1. The summed E-state index contributed by atoms with van der Waals surface area (Å²) in [6, 6.07) is 0. The van der Waals surface area contributed by atoms with E-state index in [0.29, 0.717) is 0 Å². The van der Waals surface area contributed by atoms with E-state index in [1.807, 2.05) is 13.8 Å². The molecule has 0 radical (unpaired) electrons. The zero-order valence-corrected chi connectivity index (χ0v) is 8.92. The number of Topliss-reactive ketones (excluding diaryl/α,β-unsaturated/α-hetero) is 1. The second-order valence-corrected chi connectivity index (χ2v) is 4.07. The average molecular weight is 199 g/mol. The Morgan fingerprint density at radius 2 is 1.93 bits per heavy atom. The lowest BCUT2D eigenvalue weighted by atomic mass is 9.71. The third-order valence-corrected chi connectivity index (χ3v) is 2.73. The van der Waals surface area contributed by atoms with Gasteiger partial charge in [-0.3, -0.25) is 4.79 Å². The summed E-state index contributed by atoms with van der Waals surface area (Å²) in [5.41, 5.74) is -0.638. The van der Waals surface area contributed by atoms with Crippen LogP contribution < -0.4 is 5.32 Å². The lowest BCUT2D eigenvalue weighted by Crippen LogP contribution is -2.60. The molecule has 1 aliphatic rings. The van der Waals surface area contributed by atoms with Crippen molar-refractivity contribution in [1.29, 1.82) is 0 Å². The fraction of sp³-hybridized carbons (Fsp3) is 0.800. The smallest absolute Gasteiger partial charge is 0.407 e.